The highest BCUT2D eigenvalue weighted by Crippen LogP contribution is 2.58. The van der Waals surface area contributed by atoms with E-state index >= 15 is 0 Å². The third-order valence-corrected chi connectivity index (χ3v) is 11.8. The molecule has 0 amide bonds. The molecule has 3 aliphatic heterocycles. The summed E-state index contributed by atoms with van der Waals surface area (Å²) in [6, 6.07) is 0. The fourth-order valence-electron chi connectivity index (χ4n) is 9.31. The van der Waals surface area contributed by atoms with Gasteiger partial charge in [0.15, 0.2) is 12.1 Å². The Labute approximate surface area is 250 Å². The molecule has 3 saturated heterocycles. The Morgan fingerprint density at radius 2 is 1.64 bits per heavy atom. The Hall–Kier alpha value is -0.400. The third-order valence-electron chi connectivity index (χ3n) is 11.8. The fraction of sp³-hybridized carbons (Fsp3) is 1.00. The minimum atomic E-state index is -1.52. The smallest absolute Gasteiger partial charge is 0.187 e. The van der Waals surface area contributed by atoms with Gasteiger partial charge >= 0.3 is 0 Å². The molecule has 2 aliphatic carbocycles. The maximum atomic E-state index is 11.4. The van der Waals surface area contributed by atoms with Crippen LogP contribution in [0.4, 0.5) is 0 Å². The van der Waals surface area contributed by atoms with E-state index in [0.29, 0.717) is 43.6 Å². The summed E-state index contributed by atoms with van der Waals surface area (Å²) in [5, 5.41) is 63.0. The molecular formula is C32H56O10. The molecule has 5 rings (SSSR count). The van der Waals surface area contributed by atoms with Gasteiger partial charge in [-0.25, -0.2) is 0 Å². The van der Waals surface area contributed by atoms with Crippen molar-refractivity contribution in [2.24, 2.45) is 35.0 Å². The van der Waals surface area contributed by atoms with Crippen molar-refractivity contribution in [3.8, 4) is 0 Å². The molecule has 1 spiro atoms. The summed E-state index contributed by atoms with van der Waals surface area (Å²) in [7, 11) is 0. The first-order valence-electron chi connectivity index (χ1n) is 16.6. The van der Waals surface area contributed by atoms with E-state index in [0.717, 1.165) is 51.4 Å². The molecule has 0 radical (unpaired) electrons. The van der Waals surface area contributed by atoms with E-state index in [1.807, 2.05) is 0 Å². The largest absolute Gasteiger partial charge is 0.394 e. The molecule has 10 nitrogen and oxygen atoms in total. The van der Waals surface area contributed by atoms with Gasteiger partial charge in [0.2, 0.25) is 0 Å². The average molecular weight is 601 g/mol. The van der Waals surface area contributed by atoms with E-state index < -0.39 is 61.4 Å². The highest BCUT2D eigenvalue weighted by Gasteiger charge is 2.55. The van der Waals surface area contributed by atoms with E-state index in [9.17, 15) is 30.6 Å². The van der Waals surface area contributed by atoms with Crippen molar-refractivity contribution in [3.63, 3.8) is 0 Å². The van der Waals surface area contributed by atoms with Crippen LogP contribution in [0.2, 0.25) is 0 Å². The van der Waals surface area contributed by atoms with E-state index in [-0.39, 0.29) is 23.9 Å². The van der Waals surface area contributed by atoms with Gasteiger partial charge < -0.3 is 49.6 Å². The monoisotopic (exact) mass is 600 g/mol. The van der Waals surface area contributed by atoms with Crippen LogP contribution in [0.1, 0.15) is 91.4 Å². The predicted octanol–water partition coefficient (Wildman–Crippen LogP) is 2.10. The number of hydrogen-bond acceptors (Lipinski definition) is 10. The molecule has 5 fully saturated rings. The van der Waals surface area contributed by atoms with Gasteiger partial charge in [0.25, 0.3) is 0 Å². The summed E-state index contributed by atoms with van der Waals surface area (Å²) in [4.78, 5) is 0. The Bertz CT molecular complexity index is 866. The van der Waals surface area contributed by atoms with Crippen molar-refractivity contribution in [2.45, 2.75) is 146 Å². The Balaban J connectivity index is 1.29. The highest BCUT2D eigenvalue weighted by atomic mass is 16.7. The maximum Gasteiger partial charge on any atom is 0.187 e. The summed E-state index contributed by atoms with van der Waals surface area (Å²) >= 11 is 0. The molecule has 2 saturated carbocycles. The summed E-state index contributed by atoms with van der Waals surface area (Å²) in [5.74, 6) is 1.08. The lowest BCUT2D eigenvalue weighted by atomic mass is 9.50. The van der Waals surface area contributed by atoms with Gasteiger partial charge in [0, 0.05) is 12.3 Å². The first-order valence-corrected chi connectivity index (χ1v) is 16.6. The van der Waals surface area contributed by atoms with Gasteiger partial charge in [-0.15, -0.1) is 0 Å². The van der Waals surface area contributed by atoms with E-state index in [4.69, 9.17) is 18.9 Å². The Morgan fingerprint density at radius 1 is 0.857 bits per heavy atom. The molecule has 0 aromatic carbocycles. The Kier molecular flexibility index (Phi) is 10.6. The highest BCUT2D eigenvalue weighted by molar-refractivity contribution is 5.03. The van der Waals surface area contributed by atoms with Gasteiger partial charge in [0.05, 0.1) is 38.1 Å². The van der Waals surface area contributed by atoms with Crippen molar-refractivity contribution < 1.29 is 49.6 Å². The van der Waals surface area contributed by atoms with Crippen LogP contribution in [-0.4, -0.2) is 105 Å². The van der Waals surface area contributed by atoms with Crippen LogP contribution in [0.3, 0.4) is 0 Å². The molecule has 3 heterocycles. The van der Waals surface area contributed by atoms with Gasteiger partial charge in [0.1, 0.15) is 24.4 Å². The van der Waals surface area contributed by atoms with E-state index in [2.05, 4.69) is 20.8 Å². The molecule has 5 aliphatic rings. The van der Waals surface area contributed by atoms with Gasteiger partial charge in [-0.3, -0.25) is 0 Å². The van der Waals surface area contributed by atoms with Crippen molar-refractivity contribution in [2.75, 3.05) is 19.8 Å². The zero-order chi connectivity index (χ0) is 30.2. The molecule has 0 bridgehead atoms. The molecule has 0 unspecified atom stereocenters. The zero-order valence-electron chi connectivity index (χ0n) is 25.7. The second-order valence-electron chi connectivity index (χ2n) is 14.7. The van der Waals surface area contributed by atoms with Crippen LogP contribution in [-0.2, 0) is 18.9 Å². The van der Waals surface area contributed by atoms with Gasteiger partial charge in [-0.2, -0.15) is 0 Å². The number of rotatable bonds is 3. The summed E-state index contributed by atoms with van der Waals surface area (Å²) in [6.45, 7) is 7.32. The van der Waals surface area contributed by atoms with E-state index in [1.165, 1.54) is 0 Å². The summed E-state index contributed by atoms with van der Waals surface area (Å²) in [5.41, 5.74) is -0.138. The topological polar surface area (TPSA) is 158 Å². The minimum Gasteiger partial charge on any atom is -0.394 e. The first kappa shape index (κ1) is 33.0. The van der Waals surface area contributed by atoms with Gasteiger partial charge in [-0.05, 0) is 86.9 Å². The van der Waals surface area contributed by atoms with Crippen LogP contribution < -0.4 is 0 Å². The quantitative estimate of drug-likeness (QED) is 0.265. The molecule has 0 aromatic rings. The number of aliphatic hydroxyl groups is 6. The average Bonchev–Trinajstić information content (AvgIpc) is 2.96. The number of ether oxygens (including phenoxy) is 4. The van der Waals surface area contributed by atoms with Crippen LogP contribution in [0.5, 0.6) is 0 Å². The second-order valence-corrected chi connectivity index (χ2v) is 14.7. The van der Waals surface area contributed by atoms with Crippen LogP contribution >= 0.6 is 0 Å². The SMILES string of the molecule is C[C@@H]1CC[C@@H]2[C@H](CC[C@@H]3C[C@H](O[C@H]4O[C@@H](CO)[C@H](O)[C@@H](O)[C@@H]4O)[C@@H](O)C[C@]32C)C[C@@H](O)CO[C@@]2(CCCCO2)[C@@H](C)C1. The lowest BCUT2D eigenvalue weighted by Crippen LogP contribution is -2.61. The van der Waals surface area contributed by atoms with Crippen LogP contribution in [0, 0.1) is 35.0 Å². The standard InChI is InChI=1S/C32H56O10/c1-18-6-9-23-20(13-22(34)17-40-32(19(2)12-18)10-4-5-11-39-32)7-8-21-14-25(24(35)15-31(21,23)3)41-30-29(38)28(37)27(36)26(16-33)42-30/h18-30,33-38H,4-17H2,1-3H3/t18-,19+,20-,21-,22-,23-,24+,25+,26+,27+,28-,29+,30+,31-,32+/m1/s1. The van der Waals surface area contributed by atoms with Crippen LogP contribution in [0.15, 0.2) is 0 Å². The maximum absolute atomic E-state index is 11.4. The first-order chi connectivity index (χ1) is 20.0. The fourth-order valence-corrected chi connectivity index (χ4v) is 9.31. The zero-order valence-corrected chi connectivity index (χ0v) is 25.7. The van der Waals surface area contributed by atoms with E-state index in [1.54, 1.807) is 0 Å². The number of fused-ring (bicyclic) bond motifs is 3. The van der Waals surface area contributed by atoms with Crippen molar-refractivity contribution in [3.05, 3.63) is 0 Å². The lowest BCUT2D eigenvalue weighted by molar-refractivity contribution is -0.324. The summed E-state index contributed by atoms with van der Waals surface area (Å²) < 4.78 is 24.4. The molecular weight excluding hydrogens is 544 g/mol. The van der Waals surface area contributed by atoms with Crippen LogP contribution in [0.25, 0.3) is 0 Å². The normalized spacial score (nSPS) is 52.9. The predicted molar refractivity (Wildman–Crippen MR) is 153 cm³/mol. The molecule has 10 heteroatoms. The molecule has 6 N–H and O–H groups in total. The number of aliphatic hydroxyl groups excluding tert-OH is 6. The Morgan fingerprint density at radius 3 is 2.36 bits per heavy atom. The summed E-state index contributed by atoms with van der Waals surface area (Å²) in [6.07, 6.45) is 1.14. The van der Waals surface area contributed by atoms with Crippen molar-refractivity contribution in [1.29, 1.82) is 0 Å². The lowest BCUT2D eigenvalue weighted by Gasteiger charge is -2.57. The molecule has 244 valence electrons. The second kappa shape index (κ2) is 13.5. The van der Waals surface area contributed by atoms with Crippen molar-refractivity contribution >= 4 is 0 Å². The third kappa shape index (κ3) is 6.59. The minimum absolute atomic E-state index is 0.138. The molecule has 0 aromatic heterocycles. The van der Waals surface area contributed by atoms with Crippen molar-refractivity contribution in [1.82, 2.24) is 0 Å². The molecule has 15 atom stereocenters. The number of hydrogen-bond donors (Lipinski definition) is 6. The van der Waals surface area contributed by atoms with Gasteiger partial charge in [-0.1, -0.05) is 27.2 Å². The molecule has 42 heavy (non-hydrogen) atoms.